The Morgan fingerprint density at radius 1 is 1.17 bits per heavy atom. The molecule has 0 unspecified atom stereocenters. The van der Waals surface area contributed by atoms with Crippen LogP contribution in [0.4, 0.5) is 17.6 Å². The highest BCUT2D eigenvalue weighted by Gasteiger charge is 2.55. The molecule has 2 aromatic carbocycles. The number of imidazole rings is 1. The van der Waals surface area contributed by atoms with E-state index in [1.165, 1.54) is 13.2 Å². The Bertz CT molecular complexity index is 1370. The highest BCUT2D eigenvalue weighted by molar-refractivity contribution is 6.04. The van der Waals surface area contributed by atoms with Crippen molar-refractivity contribution in [2.24, 2.45) is 5.16 Å². The number of benzene rings is 2. The number of nitrogens with zero attached hydrogens (tertiary/aromatic N) is 4. The van der Waals surface area contributed by atoms with Crippen molar-refractivity contribution in [2.45, 2.75) is 25.0 Å². The normalized spacial score (nSPS) is 21.8. The molecule has 0 aliphatic carbocycles. The van der Waals surface area contributed by atoms with E-state index >= 15 is 0 Å². The summed E-state index contributed by atoms with van der Waals surface area (Å²) in [5, 5.41) is 14.1. The van der Waals surface area contributed by atoms with Gasteiger partial charge in [-0.1, -0.05) is 11.2 Å². The Morgan fingerprint density at radius 3 is 2.56 bits per heavy atom. The van der Waals surface area contributed by atoms with Crippen LogP contribution in [0.25, 0.3) is 11.8 Å². The molecule has 2 aliphatic rings. The number of hydrogen-bond donors (Lipinski definition) is 1. The van der Waals surface area contributed by atoms with Crippen LogP contribution in [0.1, 0.15) is 23.2 Å². The predicted molar refractivity (Wildman–Crippen MR) is 123 cm³/mol. The van der Waals surface area contributed by atoms with Gasteiger partial charge in [-0.2, -0.15) is 0 Å². The molecule has 0 saturated carbocycles. The summed E-state index contributed by atoms with van der Waals surface area (Å²) >= 11 is 0. The summed E-state index contributed by atoms with van der Waals surface area (Å²) in [5.41, 5.74) is 0.0531. The number of alkyl halides is 2. The van der Waals surface area contributed by atoms with E-state index in [9.17, 15) is 22.7 Å². The fraction of sp³-hybridized carbons (Fsp3) is 0.280. The van der Waals surface area contributed by atoms with Crippen molar-refractivity contribution < 1.29 is 32.2 Å². The number of piperidine rings is 1. The fourth-order valence-electron chi connectivity index (χ4n) is 4.53. The van der Waals surface area contributed by atoms with Crippen molar-refractivity contribution in [1.29, 1.82) is 0 Å². The van der Waals surface area contributed by atoms with Crippen LogP contribution in [-0.4, -0.2) is 51.6 Å². The largest absolute Gasteiger partial charge is 0.495 e. The molecule has 5 rings (SSSR count). The molecule has 0 bridgehead atoms. The number of halogens is 4. The average Bonchev–Trinajstić information content (AvgIpc) is 3.41. The van der Waals surface area contributed by atoms with E-state index < -0.39 is 42.9 Å². The highest BCUT2D eigenvalue weighted by atomic mass is 19.3. The van der Waals surface area contributed by atoms with E-state index in [1.54, 1.807) is 29.1 Å². The van der Waals surface area contributed by atoms with Crippen molar-refractivity contribution in [3.8, 4) is 11.4 Å². The van der Waals surface area contributed by atoms with Gasteiger partial charge in [0.2, 0.25) is 0 Å². The molecule has 1 N–H and O–H groups in total. The Labute approximate surface area is 203 Å². The summed E-state index contributed by atoms with van der Waals surface area (Å²) < 4.78 is 65.0. The first kappa shape index (κ1) is 23.9. The van der Waals surface area contributed by atoms with Gasteiger partial charge in [-0.15, -0.1) is 0 Å². The zero-order valence-electron chi connectivity index (χ0n) is 19.4. The number of aromatic nitrogens is 2. The predicted octanol–water partition coefficient (Wildman–Crippen LogP) is 4.38. The van der Waals surface area contributed by atoms with Crippen LogP contribution in [0.2, 0.25) is 0 Å². The zero-order valence-corrected chi connectivity index (χ0v) is 19.4. The van der Waals surface area contributed by atoms with E-state index in [4.69, 9.17) is 9.57 Å². The minimum atomic E-state index is -3.23. The number of amidine groups is 1. The van der Waals surface area contributed by atoms with Gasteiger partial charge in [-0.05, 0) is 42.8 Å². The second-order valence-electron chi connectivity index (χ2n) is 8.75. The maximum atomic E-state index is 14.9. The van der Waals surface area contributed by atoms with Crippen LogP contribution in [0.3, 0.4) is 0 Å². The van der Waals surface area contributed by atoms with Gasteiger partial charge in [0, 0.05) is 29.8 Å². The molecule has 1 fully saturated rings. The molecule has 36 heavy (non-hydrogen) atoms. The first-order valence-electron chi connectivity index (χ1n) is 11.0. The molecular formula is C25H22F4N4O3. The molecule has 0 radical (unpaired) electrons. The molecule has 3 aromatic rings. The van der Waals surface area contributed by atoms with Crippen molar-refractivity contribution in [3.05, 3.63) is 83.0 Å². The SMILES string of the molecule is COc1cc(C=C2CC(F)(F)CN3C2=NO[C@]3(CO)c2cc(F)cc(F)c2)ccc1-n1cnc(C)c1. The number of fused-ring (bicyclic) bond motifs is 1. The molecule has 1 atom stereocenters. The van der Waals surface area contributed by atoms with Gasteiger partial charge >= 0.3 is 0 Å². The summed E-state index contributed by atoms with van der Waals surface area (Å²) in [7, 11) is 1.50. The molecule has 188 valence electrons. The summed E-state index contributed by atoms with van der Waals surface area (Å²) in [4.78, 5) is 10.7. The molecule has 0 spiro atoms. The number of ether oxygens (including phenoxy) is 1. The minimum Gasteiger partial charge on any atom is -0.495 e. The molecule has 0 amide bonds. The number of oxime groups is 1. The van der Waals surface area contributed by atoms with Gasteiger partial charge in [-0.3, -0.25) is 0 Å². The third-order valence-corrected chi connectivity index (χ3v) is 6.16. The Balaban J connectivity index is 1.55. The summed E-state index contributed by atoms with van der Waals surface area (Å²) in [5.74, 6) is -4.56. The summed E-state index contributed by atoms with van der Waals surface area (Å²) in [6.07, 6.45) is 4.34. The van der Waals surface area contributed by atoms with Gasteiger partial charge in [0.05, 0.1) is 31.4 Å². The summed E-state index contributed by atoms with van der Waals surface area (Å²) in [6.45, 7) is 0.134. The maximum Gasteiger partial charge on any atom is 0.269 e. The van der Waals surface area contributed by atoms with Crippen molar-refractivity contribution >= 4 is 11.9 Å². The van der Waals surface area contributed by atoms with Crippen LogP contribution < -0.4 is 4.74 Å². The molecule has 1 aromatic heterocycles. The first-order valence-corrected chi connectivity index (χ1v) is 11.0. The van der Waals surface area contributed by atoms with E-state index in [-0.39, 0.29) is 17.0 Å². The van der Waals surface area contributed by atoms with Crippen LogP contribution >= 0.6 is 0 Å². The van der Waals surface area contributed by atoms with Gasteiger partial charge < -0.3 is 24.1 Å². The highest BCUT2D eigenvalue weighted by Crippen LogP contribution is 2.44. The number of hydrogen-bond acceptors (Lipinski definition) is 6. The minimum absolute atomic E-state index is 0.0490. The van der Waals surface area contributed by atoms with Gasteiger partial charge in [0.15, 0.2) is 5.84 Å². The van der Waals surface area contributed by atoms with E-state index in [0.717, 1.165) is 22.7 Å². The Kier molecular flexibility index (Phi) is 5.74. The fourth-order valence-corrected chi connectivity index (χ4v) is 4.53. The lowest BCUT2D eigenvalue weighted by Gasteiger charge is -2.41. The quantitative estimate of drug-likeness (QED) is 0.525. The van der Waals surface area contributed by atoms with E-state index in [2.05, 4.69) is 10.1 Å². The third kappa shape index (κ3) is 4.09. The molecule has 2 aliphatic heterocycles. The Hall–Kier alpha value is -3.86. The monoisotopic (exact) mass is 502 g/mol. The number of rotatable bonds is 5. The lowest BCUT2D eigenvalue weighted by molar-refractivity contribution is -0.160. The molecule has 11 heteroatoms. The lowest BCUT2D eigenvalue weighted by atomic mass is 9.93. The smallest absolute Gasteiger partial charge is 0.269 e. The maximum absolute atomic E-state index is 14.9. The van der Waals surface area contributed by atoms with Crippen molar-refractivity contribution in [2.75, 3.05) is 20.3 Å². The van der Waals surface area contributed by atoms with Crippen LogP contribution in [0.15, 0.2) is 59.7 Å². The molecule has 1 saturated heterocycles. The van der Waals surface area contributed by atoms with Crippen LogP contribution in [0, 0.1) is 18.6 Å². The topological polar surface area (TPSA) is 72.1 Å². The van der Waals surface area contributed by atoms with Crippen LogP contribution in [0.5, 0.6) is 5.75 Å². The third-order valence-electron chi connectivity index (χ3n) is 6.16. The average molecular weight is 502 g/mol. The number of aliphatic hydroxyl groups excluding tert-OH is 1. The van der Waals surface area contributed by atoms with Crippen molar-refractivity contribution in [3.63, 3.8) is 0 Å². The first-order chi connectivity index (χ1) is 17.1. The Morgan fingerprint density at radius 2 is 1.92 bits per heavy atom. The second kappa shape index (κ2) is 8.66. The van der Waals surface area contributed by atoms with Gasteiger partial charge in [0.25, 0.3) is 11.6 Å². The lowest BCUT2D eigenvalue weighted by Crippen LogP contribution is -2.56. The number of methoxy groups -OCH3 is 1. The molecule has 3 heterocycles. The zero-order chi connectivity index (χ0) is 25.7. The number of aliphatic hydroxyl groups is 1. The van der Waals surface area contributed by atoms with Crippen molar-refractivity contribution in [1.82, 2.24) is 14.5 Å². The number of aryl methyl sites for hydroxylation is 1. The summed E-state index contributed by atoms with van der Waals surface area (Å²) in [6, 6.07) is 7.68. The second-order valence-corrected chi connectivity index (χ2v) is 8.75. The van der Waals surface area contributed by atoms with E-state index in [0.29, 0.717) is 23.1 Å². The molecule has 7 nitrogen and oxygen atoms in total. The van der Waals surface area contributed by atoms with Crippen LogP contribution in [-0.2, 0) is 10.6 Å². The van der Waals surface area contributed by atoms with Gasteiger partial charge in [0.1, 0.15) is 24.0 Å². The van der Waals surface area contributed by atoms with Gasteiger partial charge in [-0.25, -0.2) is 22.5 Å². The molecular weight excluding hydrogens is 480 g/mol. The van der Waals surface area contributed by atoms with E-state index in [1.807, 2.05) is 13.1 Å². The standard InChI is InChI=1S/C25H22F4N4O3/c1-15-11-32(14-30-15)21-4-3-16(6-22(21)35-2)5-17-10-24(28,29)12-33-23(17)31-36-25(33,13-34)18-7-19(26)9-20(27)8-18/h3-9,11,14,34H,10,12-13H2,1-2H3/t25-/m1/s1.